The van der Waals surface area contributed by atoms with Gasteiger partial charge in [0.05, 0.1) is 0 Å². The number of carboxylic acid groups (broad SMARTS) is 1. The number of carboxylic acids is 1. The second kappa shape index (κ2) is 5.55. The van der Waals surface area contributed by atoms with Crippen LogP contribution < -0.4 is 10.6 Å². The molecule has 0 saturated carbocycles. The van der Waals surface area contributed by atoms with Gasteiger partial charge in [0, 0.05) is 12.7 Å². The van der Waals surface area contributed by atoms with Crippen molar-refractivity contribution in [3.8, 4) is 0 Å². The van der Waals surface area contributed by atoms with E-state index in [1.165, 1.54) is 16.8 Å². The van der Waals surface area contributed by atoms with Crippen molar-refractivity contribution < 1.29 is 19.5 Å². The Balaban J connectivity index is 2.05. The number of hydrogen-bond donors (Lipinski definition) is 3. The van der Waals surface area contributed by atoms with Gasteiger partial charge in [-0.3, -0.25) is 14.4 Å². The van der Waals surface area contributed by atoms with Gasteiger partial charge in [0.25, 0.3) is 5.91 Å². The van der Waals surface area contributed by atoms with Gasteiger partial charge in [0.1, 0.15) is 18.3 Å². The van der Waals surface area contributed by atoms with Crippen molar-refractivity contribution in [3.63, 3.8) is 0 Å². The minimum atomic E-state index is -1.03. The van der Waals surface area contributed by atoms with Crippen LogP contribution in [0.4, 0.5) is 0 Å². The van der Waals surface area contributed by atoms with Crippen LogP contribution in [-0.2, 0) is 16.1 Å². The quantitative estimate of drug-likeness (QED) is 0.688. The number of amides is 2. The summed E-state index contributed by atoms with van der Waals surface area (Å²) in [6.07, 6.45) is 2.92. The number of nitrogens with one attached hydrogen (secondary N) is 2. The van der Waals surface area contributed by atoms with Crippen molar-refractivity contribution in [1.82, 2.24) is 15.2 Å². The maximum atomic E-state index is 12.0. The van der Waals surface area contributed by atoms with Crippen LogP contribution in [0.2, 0.25) is 0 Å². The van der Waals surface area contributed by atoms with E-state index in [0.717, 1.165) is 6.42 Å². The summed E-state index contributed by atoms with van der Waals surface area (Å²) in [6, 6.07) is 2.58. The third-order valence-corrected chi connectivity index (χ3v) is 2.96. The van der Waals surface area contributed by atoms with Crippen molar-refractivity contribution in [1.29, 1.82) is 0 Å². The molecule has 0 aliphatic carbocycles. The molecule has 3 N–H and O–H groups in total. The van der Waals surface area contributed by atoms with Gasteiger partial charge in [-0.15, -0.1) is 0 Å². The van der Waals surface area contributed by atoms with E-state index in [-0.39, 0.29) is 18.1 Å². The molecule has 102 valence electrons. The lowest BCUT2D eigenvalue weighted by Crippen LogP contribution is -2.50. The fourth-order valence-corrected chi connectivity index (χ4v) is 2.05. The summed E-state index contributed by atoms with van der Waals surface area (Å²) in [5.41, 5.74) is 0.237. The van der Waals surface area contributed by atoms with E-state index in [9.17, 15) is 14.4 Å². The topological polar surface area (TPSA) is 100 Å². The van der Waals surface area contributed by atoms with Crippen LogP contribution in [0.15, 0.2) is 18.3 Å². The van der Waals surface area contributed by atoms with Gasteiger partial charge in [0.2, 0.25) is 5.91 Å². The number of piperidine rings is 1. The lowest BCUT2D eigenvalue weighted by atomic mass is 10.1. The van der Waals surface area contributed by atoms with E-state index in [2.05, 4.69) is 10.6 Å². The Labute approximate surface area is 109 Å². The molecule has 1 aromatic heterocycles. The second-order valence-electron chi connectivity index (χ2n) is 4.37. The highest BCUT2D eigenvalue weighted by Crippen LogP contribution is 2.07. The summed E-state index contributed by atoms with van der Waals surface area (Å²) >= 11 is 0. The average Bonchev–Trinajstić information content (AvgIpc) is 2.79. The first kappa shape index (κ1) is 13.1. The highest BCUT2D eigenvalue weighted by Gasteiger charge is 2.25. The molecule has 0 aromatic carbocycles. The fourth-order valence-electron chi connectivity index (χ4n) is 2.05. The van der Waals surface area contributed by atoms with Crippen LogP contribution in [0, 0.1) is 0 Å². The molecule has 0 radical (unpaired) electrons. The molecule has 1 aliphatic heterocycles. The minimum absolute atomic E-state index is 0.198. The van der Waals surface area contributed by atoms with Gasteiger partial charge in [-0.25, -0.2) is 0 Å². The Bertz CT molecular complexity index is 509. The predicted molar refractivity (Wildman–Crippen MR) is 65.6 cm³/mol. The number of carbonyl (C=O) groups excluding carboxylic acids is 2. The number of nitrogens with zero attached hydrogens (tertiary/aromatic N) is 1. The van der Waals surface area contributed by atoms with Crippen molar-refractivity contribution in [2.75, 3.05) is 6.54 Å². The van der Waals surface area contributed by atoms with Crippen LogP contribution >= 0.6 is 0 Å². The van der Waals surface area contributed by atoms with Crippen LogP contribution in [-0.4, -0.2) is 40.0 Å². The first-order valence-electron chi connectivity index (χ1n) is 6.03. The van der Waals surface area contributed by atoms with Crippen LogP contribution in [0.1, 0.15) is 23.3 Å². The van der Waals surface area contributed by atoms with Gasteiger partial charge in [0.15, 0.2) is 0 Å². The van der Waals surface area contributed by atoms with Crippen LogP contribution in [0.25, 0.3) is 0 Å². The smallest absolute Gasteiger partial charge is 0.323 e. The molecule has 7 heteroatoms. The maximum Gasteiger partial charge on any atom is 0.323 e. The monoisotopic (exact) mass is 265 g/mol. The molecule has 2 heterocycles. The summed E-state index contributed by atoms with van der Waals surface area (Å²) in [5.74, 6) is -1.66. The number of carbonyl (C=O) groups is 3. The zero-order valence-electron chi connectivity index (χ0n) is 10.3. The van der Waals surface area contributed by atoms with Gasteiger partial charge in [-0.05, 0) is 25.0 Å². The molecular weight excluding hydrogens is 250 g/mol. The van der Waals surface area contributed by atoms with Crippen LogP contribution in [0.3, 0.4) is 0 Å². The first-order valence-corrected chi connectivity index (χ1v) is 6.03. The third-order valence-electron chi connectivity index (χ3n) is 2.96. The number of aliphatic carboxylic acids is 1. The Morgan fingerprint density at radius 1 is 1.53 bits per heavy atom. The molecule has 1 aromatic rings. The Morgan fingerprint density at radius 2 is 2.32 bits per heavy atom. The number of aromatic nitrogens is 1. The van der Waals surface area contributed by atoms with Crippen molar-refractivity contribution in [3.05, 3.63) is 24.0 Å². The van der Waals surface area contributed by atoms with E-state index in [1.807, 2.05) is 0 Å². The maximum absolute atomic E-state index is 12.0. The molecule has 1 unspecified atom stereocenters. The van der Waals surface area contributed by atoms with Crippen molar-refractivity contribution >= 4 is 17.8 Å². The molecule has 1 fully saturated rings. The lowest BCUT2D eigenvalue weighted by Gasteiger charge is -2.22. The Kier molecular flexibility index (Phi) is 3.84. The molecule has 1 atom stereocenters. The van der Waals surface area contributed by atoms with Gasteiger partial charge in [-0.1, -0.05) is 0 Å². The van der Waals surface area contributed by atoms with E-state index in [0.29, 0.717) is 13.0 Å². The van der Waals surface area contributed by atoms with E-state index in [4.69, 9.17) is 5.11 Å². The minimum Gasteiger partial charge on any atom is -0.480 e. The van der Waals surface area contributed by atoms with Gasteiger partial charge >= 0.3 is 5.97 Å². The van der Waals surface area contributed by atoms with Gasteiger partial charge in [-0.2, -0.15) is 0 Å². The van der Waals surface area contributed by atoms with Crippen LogP contribution in [0.5, 0.6) is 0 Å². The lowest BCUT2D eigenvalue weighted by molar-refractivity contribution is -0.137. The second-order valence-corrected chi connectivity index (χ2v) is 4.37. The molecule has 19 heavy (non-hydrogen) atoms. The zero-order chi connectivity index (χ0) is 13.8. The summed E-state index contributed by atoms with van der Waals surface area (Å²) in [4.78, 5) is 34.2. The van der Waals surface area contributed by atoms with E-state index >= 15 is 0 Å². The highest BCUT2D eigenvalue weighted by molar-refractivity contribution is 5.96. The summed E-state index contributed by atoms with van der Waals surface area (Å²) in [7, 11) is 0. The predicted octanol–water partition coefficient (Wildman–Crippen LogP) is -0.419. The molecule has 1 aliphatic rings. The SMILES string of the molecule is O=C(O)Cn1cccc1C(=O)NC1CCCNC1=O. The molecule has 2 amide bonds. The third kappa shape index (κ3) is 3.12. The molecule has 1 saturated heterocycles. The van der Waals surface area contributed by atoms with Crippen molar-refractivity contribution in [2.24, 2.45) is 0 Å². The molecular formula is C12H15N3O4. The van der Waals surface area contributed by atoms with E-state index in [1.54, 1.807) is 6.07 Å². The first-order chi connectivity index (χ1) is 9.08. The Hall–Kier alpha value is -2.31. The summed E-state index contributed by atoms with van der Waals surface area (Å²) in [6.45, 7) is 0.340. The molecule has 0 spiro atoms. The average molecular weight is 265 g/mol. The highest BCUT2D eigenvalue weighted by atomic mass is 16.4. The zero-order valence-corrected chi connectivity index (χ0v) is 10.3. The molecule has 2 rings (SSSR count). The van der Waals surface area contributed by atoms with Gasteiger partial charge < -0.3 is 20.3 Å². The molecule has 0 bridgehead atoms. The van der Waals surface area contributed by atoms with Crippen molar-refractivity contribution in [2.45, 2.75) is 25.4 Å². The summed E-state index contributed by atoms with van der Waals surface area (Å²) < 4.78 is 1.33. The summed E-state index contributed by atoms with van der Waals surface area (Å²) in [5, 5.41) is 14.0. The number of hydrogen-bond acceptors (Lipinski definition) is 3. The number of rotatable bonds is 4. The standard InChI is InChI=1S/C12H15N3O4/c16-10(17)7-15-6-2-4-9(15)12(19)14-8-3-1-5-13-11(8)18/h2,4,6,8H,1,3,5,7H2,(H,13,18)(H,14,19)(H,16,17). The molecule has 7 nitrogen and oxygen atoms in total. The normalized spacial score (nSPS) is 18.7. The fraction of sp³-hybridized carbons (Fsp3) is 0.417. The van der Waals surface area contributed by atoms with E-state index < -0.39 is 17.9 Å². The Morgan fingerprint density at radius 3 is 3.00 bits per heavy atom. The largest absolute Gasteiger partial charge is 0.480 e.